The highest BCUT2D eigenvalue weighted by Gasteiger charge is 2.21. The summed E-state index contributed by atoms with van der Waals surface area (Å²) in [6.07, 6.45) is 0.702. The van der Waals surface area contributed by atoms with E-state index < -0.39 is 10.0 Å². The van der Waals surface area contributed by atoms with E-state index in [-0.39, 0.29) is 4.90 Å². The van der Waals surface area contributed by atoms with Crippen molar-refractivity contribution >= 4 is 26.4 Å². The number of benzene rings is 2. The lowest BCUT2D eigenvalue weighted by Crippen LogP contribution is -2.24. The summed E-state index contributed by atoms with van der Waals surface area (Å²) in [6, 6.07) is 12.5. The van der Waals surface area contributed by atoms with Crippen LogP contribution in [0.3, 0.4) is 0 Å². The molecule has 0 aliphatic heterocycles. The quantitative estimate of drug-likeness (QED) is 0.524. The van der Waals surface area contributed by atoms with Crippen LogP contribution in [0.4, 0.5) is 0 Å². The molecule has 0 unspecified atom stereocenters. The number of fused-ring (bicyclic) bond motifs is 3. The van der Waals surface area contributed by atoms with E-state index in [1.165, 1.54) is 13.2 Å². The van der Waals surface area contributed by atoms with Crippen molar-refractivity contribution in [1.29, 1.82) is 0 Å². The topological polar surface area (TPSA) is 98.5 Å². The summed E-state index contributed by atoms with van der Waals surface area (Å²) in [5, 5.41) is 15.2. The number of ether oxygens (including phenoxy) is 1. The first-order chi connectivity index (χ1) is 14.0. The molecule has 0 aliphatic carbocycles. The summed E-state index contributed by atoms with van der Waals surface area (Å²) < 4.78 is 34.9. The molecule has 1 N–H and O–H groups in total. The zero-order chi connectivity index (χ0) is 20.6. The maximum absolute atomic E-state index is 12.6. The first kappa shape index (κ1) is 19.3. The summed E-state index contributed by atoms with van der Waals surface area (Å²) in [7, 11) is -2.11. The fourth-order valence-electron chi connectivity index (χ4n) is 3.26. The van der Waals surface area contributed by atoms with Crippen molar-refractivity contribution in [2.75, 3.05) is 13.7 Å². The van der Waals surface area contributed by atoms with Gasteiger partial charge >= 0.3 is 0 Å². The van der Waals surface area contributed by atoms with Crippen LogP contribution in [0.25, 0.3) is 27.8 Å². The van der Waals surface area contributed by atoms with Crippen LogP contribution < -0.4 is 9.46 Å². The third-order valence-electron chi connectivity index (χ3n) is 4.71. The van der Waals surface area contributed by atoms with Gasteiger partial charge in [-0.05, 0) is 31.5 Å². The second-order valence-electron chi connectivity index (χ2n) is 6.65. The van der Waals surface area contributed by atoms with Crippen LogP contribution in [-0.4, -0.2) is 41.9 Å². The monoisotopic (exact) mass is 411 g/mol. The molecule has 0 amide bonds. The zero-order valence-corrected chi connectivity index (χ0v) is 17.2. The van der Waals surface area contributed by atoms with Crippen molar-refractivity contribution in [3.05, 3.63) is 48.2 Å². The second-order valence-corrected chi connectivity index (χ2v) is 8.42. The number of rotatable bonds is 6. The number of hydrogen-bond donors (Lipinski definition) is 1. The highest BCUT2D eigenvalue weighted by molar-refractivity contribution is 7.89. The molecule has 2 heterocycles. The van der Waals surface area contributed by atoms with Crippen LogP contribution in [-0.2, 0) is 10.0 Å². The van der Waals surface area contributed by atoms with Crippen LogP contribution in [0, 0.1) is 6.92 Å². The molecule has 4 rings (SSSR count). The normalized spacial score (nSPS) is 12.0. The fourth-order valence-corrected chi connectivity index (χ4v) is 4.42. The third-order valence-corrected chi connectivity index (χ3v) is 6.17. The van der Waals surface area contributed by atoms with Gasteiger partial charge in [-0.15, -0.1) is 10.2 Å². The molecular weight excluding hydrogens is 390 g/mol. The minimum Gasteiger partial charge on any atom is -0.496 e. The molecule has 8 nitrogen and oxygen atoms in total. The van der Waals surface area contributed by atoms with Gasteiger partial charge in [0.25, 0.3) is 0 Å². The van der Waals surface area contributed by atoms with E-state index in [4.69, 9.17) is 4.74 Å². The molecule has 29 heavy (non-hydrogen) atoms. The van der Waals surface area contributed by atoms with E-state index >= 15 is 0 Å². The van der Waals surface area contributed by atoms with Crippen LogP contribution >= 0.6 is 0 Å². The van der Waals surface area contributed by atoms with Gasteiger partial charge < -0.3 is 4.74 Å². The van der Waals surface area contributed by atoms with Gasteiger partial charge in [0.05, 0.1) is 23.3 Å². The molecule has 4 aromatic rings. The molecule has 2 aromatic carbocycles. The van der Waals surface area contributed by atoms with Crippen molar-refractivity contribution in [2.24, 2.45) is 0 Å². The minimum absolute atomic E-state index is 0.135. The largest absolute Gasteiger partial charge is 0.496 e. The Morgan fingerprint density at radius 2 is 1.86 bits per heavy atom. The number of aryl methyl sites for hydroxylation is 1. The van der Waals surface area contributed by atoms with Crippen molar-refractivity contribution in [3.8, 4) is 17.1 Å². The molecule has 0 radical (unpaired) electrons. The summed E-state index contributed by atoms with van der Waals surface area (Å²) >= 11 is 0. The molecule has 0 saturated heterocycles. The Morgan fingerprint density at radius 1 is 1.10 bits per heavy atom. The van der Waals surface area contributed by atoms with E-state index in [9.17, 15) is 8.42 Å². The van der Waals surface area contributed by atoms with Gasteiger partial charge in [-0.25, -0.2) is 13.1 Å². The minimum atomic E-state index is -3.64. The van der Waals surface area contributed by atoms with Gasteiger partial charge in [0.2, 0.25) is 10.0 Å². The number of sulfonamides is 1. The Morgan fingerprint density at radius 3 is 2.59 bits per heavy atom. The molecule has 0 bridgehead atoms. The fraction of sp³-hybridized carbons (Fsp3) is 0.250. The molecule has 9 heteroatoms. The SMILES string of the molecule is CCCNS(=O)(=O)c1ccc(OC)c(-c2nnc3c4ccccc4c(C)nn23)c1. The summed E-state index contributed by atoms with van der Waals surface area (Å²) in [5.41, 5.74) is 1.92. The maximum atomic E-state index is 12.6. The predicted octanol–water partition coefficient (Wildman–Crippen LogP) is 2.95. The Balaban J connectivity index is 1.95. The van der Waals surface area contributed by atoms with Crippen LogP contribution in [0.15, 0.2) is 47.4 Å². The Kier molecular flexibility index (Phi) is 4.93. The molecule has 0 atom stereocenters. The van der Waals surface area contributed by atoms with Gasteiger partial charge in [0.1, 0.15) is 5.75 Å². The lowest BCUT2D eigenvalue weighted by Gasteiger charge is -2.11. The molecule has 150 valence electrons. The van der Waals surface area contributed by atoms with Crippen molar-refractivity contribution in [3.63, 3.8) is 0 Å². The molecule has 0 saturated carbocycles. The van der Waals surface area contributed by atoms with E-state index in [1.54, 1.807) is 16.6 Å². The number of aromatic nitrogens is 4. The lowest BCUT2D eigenvalue weighted by atomic mass is 10.1. The molecular formula is C20H21N5O3S. The number of nitrogens with one attached hydrogen (secondary N) is 1. The van der Waals surface area contributed by atoms with Crippen molar-refractivity contribution in [2.45, 2.75) is 25.2 Å². The van der Waals surface area contributed by atoms with E-state index in [0.29, 0.717) is 35.8 Å². The smallest absolute Gasteiger partial charge is 0.240 e. The molecule has 2 aromatic heterocycles. The van der Waals surface area contributed by atoms with Gasteiger partial charge in [0, 0.05) is 17.3 Å². The number of hydrogen-bond acceptors (Lipinski definition) is 6. The Hall–Kier alpha value is -3.04. The summed E-state index contributed by atoms with van der Waals surface area (Å²) in [5.74, 6) is 0.902. The van der Waals surface area contributed by atoms with E-state index in [1.807, 2.05) is 38.1 Å². The highest BCUT2D eigenvalue weighted by Crippen LogP contribution is 2.32. The summed E-state index contributed by atoms with van der Waals surface area (Å²) in [4.78, 5) is 0.135. The first-order valence-electron chi connectivity index (χ1n) is 9.25. The molecule has 0 spiro atoms. The van der Waals surface area contributed by atoms with Crippen molar-refractivity contribution < 1.29 is 13.2 Å². The average Bonchev–Trinajstić information content (AvgIpc) is 3.15. The number of nitrogens with zero attached hydrogens (tertiary/aromatic N) is 4. The summed E-state index contributed by atoms with van der Waals surface area (Å²) in [6.45, 7) is 4.19. The average molecular weight is 411 g/mol. The van der Waals surface area contributed by atoms with Gasteiger partial charge in [-0.1, -0.05) is 31.2 Å². The second kappa shape index (κ2) is 7.41. The van der Waals surface area contributed by atoms with E-state index in [2.05, 4.69) is 20.0 Å². The van der Waals surface area contributed by atoms with E-state index in [0.717, 1.165) is 16.5 Å². The van der Waals surface area contributed by atoms with Crippen LogP contribution in [0.1, 0.15) is 19.0 Å². The zero-order valence-electron chi connectivity index (χ0n) is 16.4. The number of methoxy groups -OCH3 is 1. The molecule has 0 fully saturated rings. The van der Waals surface area contributed by atoms with Gasteiger partial charge in [-0.3, -0.25) is 0 Å². The molecule has 0 aliphatic rings. The highest BCUT2D eigenvalue weighted by atomic mass is 32.2. The first-order valence-corrected chi connectivity index (χ1v) is 10.7. The van der Waals surface area contributed by atoms with Gasteiger partial charge in [-0.2, -0.15) is 9.61 Å². The Bertz CT molecular complexity index is 1310. The van der Waals surface area contributed by atoms with Crippen LogP contribution in [0.2, 0.25) is 0 Å². The Labute approximate surface area is 168 Å². The standard InChI is InChI=1S/C20H21N5O3S/c1-4-11-21-29(26,27)14-9-10-18(28-3)17(12-14)20-23-22-19-16-8-6-5-7-15(16)13(2)24-25(19)20/h5-10,12,21H,4,11H2,1-3H3. The maximum Gasteiger partial charge on any atom is 0.240 e. The van der Waals surface area contributed by atoms with Gasteiger partial charge in [0.15, 0.2) is 11.5 Å². The predicted molar refractivity (Wildman–Crippen MR) is 110 cm³/mol. The van der Waals surface area contributed by atoms with Crippen molar-refractivity contribution in [1.82, 2.24) is 24.5 Å². The third kappa shape index (κ3) is 3.32. The lowest BCUT2D eigenvalue weighted by molar-refractivity contribution is 0.415. The van der Waals surface area contributed by atoms with Crippen LogP contribution in [0.5, 0.6) is 5.75 Å².